The van der Waals surface area contributed by atoms with Gasteiger partial charge in [-0.3, -0.25) is 4.79 Å². The summed E-state index contributed by atoms with van der Waals surface area (Å²) in [5, 5.41) is 8.52. The van der Waals surface area contributed by atoms with Gasteiger partial charge in [0.25, 0.3) is 0 Å². The molecular weight excluding hydrogens is 429 g/mol. The molecule has 0 bridgehead atoms. The molecule has 0 radical (unpaired) electrons. The number of hydrogen-bond donors (Lipinski definition) is 1. The van der Waals surface area contributed by atoms with Crippen LogP contribution >= 0.6 is 0 Å². The van der Waals surface area contributed by atoms with Crippen molar-refractivity contribution >= 4 is 16.8 Å². The lowest BCUT2D eigenvalue weighted by atomic mass is 9.94. The van der Waals surface area contributed by atoms with Crippen LogP contribution < -0.4 is 10.1 Å². The largest absolute Gasteiger partial charge is 0.483 e. The number of rotatable bonds is 6. The number of aryl methyl sites for hydroxylation is 1. The lowest BCUT2D eigenvalue weighted by Crippen LogP contribution is -2.44. The van der Waals surface area contributed by atoms with Crippen LogP contribution in [0.1, 0.15) is 44.9 Å². The number of ether oxygens (including phenoxy) is 1. The molecule has 0 aliphatic heterocycles. The van der Waals surface area contributed by atoms with Crippen molar-refractivity contribution in [3.8, 4) is 11.4 Å². The molecule has 6 heteroatoms. The van der Waals surface area contributed by atoms with Crippen molar-refractivity contribution in [2.24, 2.45) is 5.41 Å². The van der Waals surface area contributed by atoms with Crippen molar-refractivity contribution in [3.05, 3.63) is 89.9 Å². The molecule has 4 rings (SSSR count). The third-order valence-electron chi connectivity index (χ3n) is 5.81. The minimum atomic E-state index is -0.501. The van der Waals surface area contributed by atoms with Crippen LogP contribution in [-0.2, 0) is 4.79 Å². The number of nitrogens with one attached hydrogen (secondary N) is 1. The molecule has 0 unspecified atom stereocenters. The molecule has 3 aromatic carbocycles. The number of fused-ring (bicyclic) bond motifs is 1. The zero-order chi connectivity index (χ0) is 24.5. The van der Waals surface area contributed by atoms with Gasteiger partial charge >= 0.3 is 0 Å². The van der Waals surface area contributed by atoms with Crippen molar-refractivity contribution in [2.45, 2.75) is 46.8 Å². The van der Waals surface area contributed by atoms with Gasteiger partial charge in [0, 0.05) is 10.8 Å². The first-order valence-corrected chi connectivity index (χ1v) is 11.4. The molecule has 2 atom stereocenters. The molecule has 0 aliphatic carbocycles. The van der Waals surface area contributed by atoms with E-state index in [0.29, 0.717) is 0 Å². The summed E-state index contributed by atoms with van der Waals surface area (Å²) in [5.74, 6) is 0.404. The Morgan fingerprint density at radius 3 is 2.38 bits per heavy atom. The number of nitrogens with zero attached hydrogens (tertiary/aromatic N) is 2. The highest BCUT2D eigenvalue weighted by atomic mass is 19.1. The average molecular weight is 460 g/mol. The van der Waals surface area contributed by atoms with E-state index in [1.807, 2.05) is 77.1 Å². The van der Waals surface area contributed by atoms with E-state index in [2.05, 4.69) is 10.4 Å². The molecule has 0 fully saturated rings. The molecule has 5 nitrogen and oxygen atoms in total. The van der Waals surface area contributed by atoms with Gasteiger partial charge in [-0.15, -0.1) is 0 Å². The second kappa shape index (κ2) is 9.29. The summed E-state index contributed by atoms with van der Waals surface area (Å²) in [5.41, 5.74) is 3.10. The molecule has 0 saturated heterocycles. The van der Waals surface area contributed by atoms with Gasteiger partial charge < -0.3 is 10.1 Å². The fraction of sp³-hybridized carbons (Fsp3) is 0.286. The summed E-state index contributed by atoms with van der Waals surface area (Å²) >= 11 is 0. The van der Waals surface area contributed by atoms with E-state index in [1.54, 1.807) is 23.0 Å². The Hall–Kier alpha value is -3.67. The minimum Gasteiger partial charge on any atom is -0.483 e. The first-order valence-electron chi connectivity index (χ1n) is 11.4. The summed E-state index contributed by atoms with van der Waals surface area (Å²) in [6.45, 7) is 9.62. The minimum absolute atomic E-state index is 0.0303. The molecular formula is C28H30FN3O2. The third-order valence-corrected chi connectivity index (χ3v) is 5.81. The second-order valence-electron chi connectivity index (χ2n) is 9.67. The van der Waals surface area contributed by atoms with Gasteiger partial charge in [0.05, 0.1) is 23.4 Å². The summed E-state index contributed by atoms with van der Waals surface area (Å²) < 4.78 is 21.7. The molecule has 0 spiro atoms. The van der Waals surface area contributed by atoms with Crippen molar-refractivity contribution in [1.29, 1.82) is 0 Å². The van der Waals surface area contributed by atoms with Crippen molar-refractivity contribution in [2.75, 3.05) is 0 Å². The Bertz CT molecular complexity index is 1290. The normalized spacial score (nSPS) is 13.5. The van der Waals surface area contributed by atoms with Gasteiger partial charge in [-0.05, 0) is 61.4 Å². The average Bonchev–Trinajstić information content (AvgIpc) is 3.20. The van der Waals surface area contributed by atoms with Crippen molar-refractivity contribution < 1.29 is 13.9 Å². The molecule has 1 heterocycles. The lowest BCUT2D eigenvalue weighted by molar-refractivity contribution is -0.129. The third kappa shape index (κ3) is 4.96. The number of halogens is 1. The van der Waals surface area contributed by atoms with Crippen LogP contribution in [0.3, 0.4) is 0 Å². The van der Waals surface area contributed by atoms with Gasteiger partial charge in [-0.1, -0.05) is 51.1 Å². The molecule has 0 aliphatic rings. The Balaban J connectivity index is 1.67. The Kier molecular flexibility index (Phi) is 6.42. The number of hydrogen-bond acceptors (Lipinski definition) is 3. The predicted octanol–water partition coefficient (Wildman–Crippen LogP) is 6.14. The van der Waals surface area contributed by atoms with Crippen molar-refractivity contribution in [1.82, 2.24) is 15.1 Å². The number of aromatic nitrogens is 2. The van der Waals surface area contributed by atoms with Gasteiger partial charge in [0.15, 0.2) is 0 Å². The Morgan fingerprint density at radius 2 is 1.74 bits per heavy atom. The molecule has 1 N–H and O–H groups in total. The number of benzene rings is 3. The smallest absolute Gasteiger partial charge is 0.225 e. The van der Waals surface area contributed by atoms with Crippen LogP contribution in [-0.4, -0.2) is 21.7 Å². The highest BCUT2D eigenvalue weighted by Gasteiger charge is 2.28. The first-order chi connectivity index (χ1) is 16.1. The number of carbonyl (C=O) groups excluding carboxylic acids is 1. The lowest BCUT2D eigenvalue weighted by Gasteiger charge is -2.29. The van der Waals surface area contributed by atoms with Crippen LogP contribution in [0.15, 0.2) is 72.9 Å². The monoisotopic (exact) mass is 459 g/mol. The molecule has 4 aromatic rings. The summed E-state index contributed by atoms with van der Waals surface area (Å²) in [6, 6.07) is 19.9. The summed E-state index contributed by atoms with van der Waals surface area (Å²) in [6.07, 6.45) is 1.39. The number of carbonyl (C=O) groups is 1. The van der Waals surface area contributed by atoms with Gasteiger partial charge in [-0.2, -0.15) is 5.10 Å². The van der Waals surface area contributed by atoms with E-state index < -0.39 is 5.41 Å². The Morgan fingerprint density at radius 1 is 1.06 bits per heavy atom. The second-order valence-corrected chi connectivity index (χ2v) is 9.67. The fourth-order valence-corrected chi connectivity index (χ4v) is 3.81. The van der Waals surface area contributed by atoms with E-state index in [4.69, 9.17) is 4.74 Å². The van der Waals surface area contributed by atoms with Gasteiger partial charge in [0.2, 0.25) is 5.91 Å². The zero-order valence-electron chi connectivity index (χ0n) is 20.2. The molecule has 34 heavy (non-hydrogen) atoms. The van der Waals surface area contributed by atoms with E-state index in [9.17, 15) is 9.18 Å². The highest BCUT2D eigenvalue weighted by Crippen LogP contribution is 2.32. The van der Waals surface area contributed by atoms with E-state index >= 15 is 0 Å². The van der Waals surface area contributed by atoms with Gasteiger partial charge in [-0.25, -0.2) is 9.07 Å². The van der Waals surface area contributed by atoms with Gasteiger partial charge in [0.1, 0.15) is 17.7 Å². The van der Waals surface area contributed by atoms with E-state index in [0.717, 1.165) is 33.5 Å². The van der Waals surface area contributed by atoms with Crippen LogP contribution in [0.25, 0.3) is 16.6 Å². The number of amides is 1. The maximum Gasteiger partial charge on any atom is 0.225 e. The van der Waals surface area contributed by atoms with Crippen LogP contribution in [0.5, 0.6) is 5.75 Å². The fourth-order valence-electron chi connectivity index (χ4n) is 3.81. The predicted molar refractivity (Wildman–Crippen MR) is 133 cm³/mol. The van der Waals surface area contributed by atoms with Crippen LogP contribution in [0.4, 0.5) is 4.39 Å². The standard InChI is InChI=1S/C28H30FN3O2/c1-18-15-24-21(17-30-32(24)23-13-11-22(29)12-14-23)16-25(18)34-26(20-9-7-6-8-10-20)19(2)31-27(33)28(3,4)5/h6-17,19,26H,1-5H3,(H,31,33)/t19-,26-/m0/s1. The maximum absolute atomic E-state index is 13.4. The topological polar surface area (TPSA) is 56.1 Å². The molecule has 176 valence electrons. The quantitative estimate of drug-likeness (QED) is 0.377. The summed E-state index contributed by atoms with van der Waals surface area (Å²) in [4.78, 5) is 12.7. The molecule has 1 amide bonds. The van der Waals surface area contributed by atoms with Crippen molar-refractivity contribution in [3.63, 3.8) is 0 Å². The maximum atomic E-state index is 13.4. The highest BCUT2D eigenvalue weighted by molar-refractivity contribution is 5.83. The summed E-state index contributed by atoms with van der Waals surface area (Å²) in [7, 11) is 0. The molecule has 1 aromatic heterocycles. The van der Waals surface area contributed by atoms with E-state index in [-0.39, 0.29) is 23.9 Å². The zero-order valence-corrected chi connectivity index (χ0v) is 20.2. The van der Waals surface area contributed by atoms with E-state index in [1.165, 1.54) is 12.1 Å². The SMILES string of the molecule is Cc1cc2c(cnn2-c2ccc(F)cc2)cc1O[C@H](c1ccccc1)[C@H](C)NC(=O)C(C)(C)C. The molecule has 0 saturated carbocycles. The van der Waals surface area contributed by atoms with Crippen LogP contribution in [0, 0.1) is 18.2 Å². The van der Waals surface area contributed by atoms with Crippen LogP contribution in [0.2, 0.25) is 0 Å². The Labute approximate surface area is 199 Å². The first kappa shape index (κ1) is 23.5.